The van der Waals surface area contributed by atoms with Crippen molar-refractivity contribution in [2.75, 3.05) is 26.7 Å². The standard InChI is InChI=1S/C19H27N3OS.HI/c1-4-20-19(22-14-15(2)18-9-6-12-24-18)21-11-10-16-7-5-8-17(13-16)23-3;/h5-9,12-13,15H,4,10-11,14H2,1-3H3,(H2,20,21,22);1H. The number of thiophene rings is 1. The van der Waals surface area contributed by atoms with Gasteiger partial charge in [0.25, 0.3) is 0 Å². The molecule has 0 aliphatic rings. The molecule has 0 saturated carbocycles. The van der Waals surface area contributed by atoms with Crippen LogP contribution in [0.2, 0.25) is 0 Å². The third-order valence-corrected chi connectivity index (χ3v) is 4.84. The topological polar surface area (TPSA) is 45.7 Å². The summed E-state index contributed by atoms with van der Waals surface area (Å²) in [6.45, 7) is 6.79. The molecule has 0 radical (unpaired) electrons. The van der Waals surface area contributed by atoms with E-state index in [9.17, 15) is 0 Å². The van der Waals surface area contributed by atoms with Crippen LogP contribution in [0.25, 0.3) is 0 Å². The fourth-order valence-corrected chi connectivity index (χ4v) is 3.16. The Bertz CT molecular complexity index is 631. The van der Waals surface area contributed by atoms with E-state index in [1.807, 2.05) is 12.1 Å². The van der Waals surface area contributed by atoms with Gasteiger partial charge in [0.15, 0.2) is 5.96 Å². The lowest BCUT2D eigenvalue weighted by Gasteiger charge is -2.13. The van der Waals surface area contributed by atoms with Gasteiger partial charge in [-0.3, -0.25) is 4.99 Å². The number of methoxy groups -OCH3 is 1. The molecular weight excluding hydrogens is 445 g/mol. The van der Waals surface area contributed by atoms with Crippen LogP contribution >= 0.6 is 35.3 Å². The van der Waals surface area contributed by atoms with Gasteiger partial charge >= 0.3 is 0 Å². The van der Waals surface area contributed by atoms with Crippen molar-refractivity contribution in [3.05, 3.63) is 52.2 Å². The number of hydrogen-bond acceptors (Lipinski definition) is 3. The molecule has 0 spiro atoms. The van der Waals surface area contributed by atoms with Gasteiger partial charge in [0.05, 0.1) is 13.7 Å². The number of hydrogen-bond donors (Lipinski definition) is 2. The number of nitrogens with zero attached hydrogens (tertiary/aromatic N) is 1. The molecule has 1 aromatic heterocycles. The van der Waals surface area contributed by atoms with Crippen molar-refractivity contribution in [2.24, 2.45) is 4.99 Å². The van der Waals surface area contributed by atoms with Gasteiger partial charge in [0, 0.05) is 23.9 Å². The molecule has 2 N–H and O–H groups in total. The van der Waals surface area contributed by atoms with E-state index in [0.29, 0.717) is 5.92 Å². The smallest absolute Gasteiger partial charge is 0.191 e. The second-order valence-corrected chi connectivity index (χ2v) is 6.64. The van der Waals surface area contributed by atoms with E-state index < -0.39 is 0 Å². The Morgan fingerprint density at radius 1 is 1.24 bits per heavy atom. The van der Waals surface area contributed by atoms with Crippen molar-refractivity contribution in [2.45, 2.75) is 26.2 Å². The first-order valence-corrected chi connectivity index (χ1v) is 9.29. The van der Waals surface area contributed by atoms with Gasteiger partial charge in [-0.15, -0.1) is 35.3 Å². The van der Waals surface area contributed by atoms with Crippen LogP contribution in [0.4, 0.5) is 0 Å². The lowest BCUT2D eigenvalue weighted by atomic mass is 10.1. The molecule has 6 heteroatoms. The Labute approximate surface area is 172 Å². The van der Waals surface area contributed by atoms with Crippen molar-refractivity contribution in [3.63, 3.8) is 0 Å². The Morgan fingerprint density at radius 3 is 2.76 bits per heavy atom. The molecule has 0 bridgehead atoms. The van der Waals surface area contributed by atoms with Gasteiger partial charge in [-0.05, 0) is 42.5 Å². The first-order valence-electron chi connectivity index (χ1n) is 8.41. The highest BCUT2D eigenvalue weighted by Gasteiger charge is 2.06. The fourth-order valence-electron chi connectivity index (χ4n) is 2.38. The average Bonchev–Trinajstić information content (AvgIpc) is 3.14. The molecule has 1 aromatic carbocycles. The minimum absolute atomic E-state index is 0. The van der Waals surface area contributed by atoms with Gasteiger partial charge in [-0.2, -0.15) is 0 Å². The van der Waals surface area contributed by atoms with Gasteiger partial charge < -0.3 is 15.4 Å². The second-order valence-electron chi connectivity index (χ2n) is 5.66. The summed E-state index contributed by atoms with van der Waals surface area (Å²) in [5.74, 6) is 2.22. The van der Waals surface area contributed by atoms with E-state index in [4.69, 9.17) is 9.73 Å². The molecule has 4 nitrogen and oxygen atoms in total. The van der Waals surface area contributed by atoms with Crippen LogP contribution in [0.1, 0.15) is 30.2 Å². The van der Waals surface area contributed by atoms with Crippen LogP contribution in [-0.2, 0) is 6.42 Å². The molecule has 1 unspecified atom stereocenters. The van der Waals surface area contributed by atoms with E-state index in [0.717, 1.165) is 37.8 Å². The third kappa shape index (κ3) is 7.64. The van der Waals surface area contributed by atoms with E-state index >= 15 is 0 Å². The van der Waals surface area contributed by atoms with E-state index in [2.05, 4.69) is 54.1 Å². The predicted molar refractivity (Wildman–Crippen MR) is 119 cm³/mol. The Morgan fingerprint density at radius 2 is 2.08 bits per heavy atom. The lowest BCUT2D eigenvalue weighted by Crippen LogP contribution is -2.38. The van der Waals surface area contributed by atoms with E-state index in [1.165, 1.54) is 10.4 Å². The zero-order chi connectivity index (χ0) is 17.2. The number of guanidine groups is 1. The SMILES string of the molecule is CCNC(=NCC(C)c1cccs1)NCCc1cccc(OC)c1.I. The average molecular weight is 473 g/mol. The van der Waals surface area contributed by atoms with Crippen molar-refractivity contribution in [1.82, 2.24) is 10.6 Å². The van der Waals surface area contributed by atoms with Gasteiger partial charge in [-0.1, -0.05) is 25.1 Å². The van der Waals surface area contributed by atoms with Crippen LogP contribution in [0.5, 0.6) is 5.75 Å². The maximum atomic E-state index is 5.27. The minimum atomic E-state index is 0. The summed E-state index contributed by atoms with van der Waals surface area (Å²) in [7, 11) is 1.70. The zero-order valence-corrected chi connectivity index (χ0v) is 18.3. The predicted octanol–water partition coefficient (Wildman–Crippen LogP) is 4.28. The summed E-state index contributed by atoms with van der Waals surface area (Å²) in [5, 5.41) is 8.84. The molecule has 0 saturated heterocycles. The first-order chi connectivity index (χ1) is 11.7. The van der Waals surface area contributed by atoms with Crippen LogP contribution in [0, 0.1) is 0 Å². The number of halogens is 1. The Hall–Kier alpha value is -1.28. The van der Waals surface area contributed by atoms with Crippen LogP contribution in [-0.4, -0.2) is 32.7 Å². The van der Waals surface area contributed by atoms with Crippen molar-refractivity contribution in [3.8, 4) is 5.75 Å². The third-order valence-electron chi connectivity index (χ3n) is 3.74. The zero-order valence-electron chi connectivity index (χ0n) is 15.1. The van der Waals surface area contributed by atoms with Crippen molar-refractivity contribution >= 4 is 41.3 Å². The number of nitrogens with one attached hydrogen (secondary N) is 2. The first kappa shape index (κ1) is 21.8. The molecule has 0 aliphatic carbocycles. The van der Waals surface area contributed by atoms with Crippen LogP contribution in [0.15, 0.2) is 46.8 Å². The number of rotatable bonds is 8. The van der Waals surface area contributed by atoms with Crippen molar-refractivity contribution < 1.29 is 4.74 Å². The largest absolute Gasteiger partial charge is 0.497 e. The monoisotopic (exact) mass is 473 g/mol. The van der Waals surface area contributed by atoms with E-state index in [1.54, 1.807) is 18.4 Å². The summed E-state index contributed by atoms with van der Waals surface area (Å²) in [5.41, 5.74) is 1.25. The summed E-state index contributed by atoms with van der Waals surface area (Å²) in [4.78, 5) is 6.09. The molecule has 1 heterocycles. The molecule has 0 aliphatic heterocycles. The number of ether oxygens (including phenoxy) is 1. The van der Waals surface area contributed by atoms with Gasteiger partial charge in [0.2, 0.25) is 0 Å². The molecule has 0 amide bonds. The number of aliphatic imine (C=N–C) groups is 1. The molecular formula is C19H28IN3OS. The quantitative estimate of drug-likeness (QED) is 0.342. The van der Waals surface area contributed by atoms with Gasteiger partial charge in [0.1, 0.15) is 5.75 Å². The Kier molecular flexibility index (Phi) is 10.6. The maximum absolute atomic E-state index is 5.27. The molecule has 0 fully saturated rings. The van der Waals surface area contributed by atoms with E-state index in [-0.39, 0.29) is 24.0 Å². The highest BCUT2D eigenvalue weighted by atomic mass is 127. The Balaban J connectivity index is 0.00000312. The summed E-state index contributed by atoms with van der Waals surface area (Å²) in [6.07, 6.45) is 0.933. The lowest BCUT2D eigenvalue weighted by molar-refractivity contribution is 0.414. The van der Waals surface area contributed by atoms with Crippen LogP contribution in [0.3, 0.4) is 0 Å². The maximum Gasteiger partial charge on any atom is 0.191 e. The summed E-state index contributed by atoms with van der Waals surface area (Å²) < 4.78 is 5.27. The molecule has 1 atom stereocenters. The molecule has 2 rings (SSSR count). The van der Waals surface area contributed by atoms with Crippen molar-refractivity contribution in [1.29, 1.82) is 0 Å². The molecule has 2 aromatic rings. The summed E-state index contributed by atoms with van der Waals surface area (Å²) >= 11 is 1.79. The normalized spacial score (nSPS) is 12.2. The van der Waals surface area contributed by atoms with Crippen LogP contribution < -0.4 is 15.4 Å². The van der Waals surface area contributed by atoms with Gasteiger partial charge in [-0.25, -0.2) is 0 Å². The highest BCUT2D eigenvalue weighted by molar-refractivity contribution is 14.0. The number of benzene rings is 1. The molecule has 25 heavy (non-hydrogen) atoms. The summed E-state index contributed by atoms with van der Waals surface area (Å²) in [6, 6.07) is 12.5. The highest BCUT2D eigenvalue weighted by Crippen LogP contribution is 2.20. The molecule has 138 valence electrons. The minimum Gasteiger partial charge on any atom is -0.497 e. The second kappa shape index (κ2) is 12.1. The fraction of sp³-hybridized carbons (Fsp3) is 0.421.